The number of nitrogens with zero attached hydrogens (tertiary/aromatic N) is 1. The van der Waals surface area contributed by atoms with Gasteiger partial charge in [0.1, 0.15) is 10.7 Å². The number of aromatic nitrogens is 2. The van der Waals surface area contributed by atoms with Crippen LogP contribution in [0.5, 0.6) is 0 Å². The number of aryl methyl sites for hydroxylation is 2. The molecule has 2 aromatic rings. The van der Waals surface area contributed by atoms with Crippen molar-refractivity contribution in [3.8, 4) is 0 Å². The Kier molecular flexibility index (Phi) is 2.96. The molecule has 0 radical (unpaired) electrons. The van der Waals surface area contributed by atoms with Gasteiger partial charge < -0.3 is 4.98 Å². The summed E-state index contributed by atoms with van der Waals surface area (Å²) in [5.74, 6) is 1.57. The van der Waals surface area contributed by atoms with Gasteiger partial charge in [-0.25, -0.2) is 4.98 Å². The zero-order valence-electron chi connectivity index (χ0n) is 9.71. The Morgan fingerprint density at radius 1 is 1.41 bits per heavy atom. The Hall–Kier alpha value is -0.810. The number of thioether (sulfide) groups is 1. The Morgan fingerprint density at radius 3 is 3.06 bits per heavy atom. The van der Waals surface area contributed by atoms with E-state index in [0.717, 1.165) is 34.6 Å². The van der Waals surface area contributed by atoms with Crippen LogP contribution in [-0.4, -0.2) is 16.2 Å². The van der Waals surface area contributed by atoms with Crippen molar-refractivity contribution >= 4 is 33.3 Å². The Morgan fingerprint density at radius 2 is 2.24 bits per heavy atom. The maximum absolute atomic E-state index is 12.1. The summed E-state index contributed by atoms with van der Waals surface area (Å²) in [6.45, 7) is 0. The van der Waals surface area contributed by atoms with Crippen molar-refractivity contribution in [1.29, 1.82) is 0 Å². The fourth-order valence-corrected chi connectivity index (χ4v) is 4.10. The Balaban J connectivity index is 2.23. The normalized spacial score (nSPS) is 15.1. The number of nitrogens with one attached hydrogen (secondary N) is 1. The van der Waals surface area contributed by atoms with E-state index < -0.39 is 0 Å². The molecule has 0 unspecified atom stereocenters. The molecule has 3 nitrogen and oxygen atoms in total. The molecule has 17 heavy (non-hydrogen) atoms. The summed E-state index contributed by atoms with van der Waals surface area (Å²) in [6.07, 6.45) is 6.62. The van der Waals surface area contributed by atoms with Crippen LogP contribution in [0.2, 0.25) is 0 Å². The molecular formula is C12H14N2OS2. The molecule has 0 fully saturated rings. The molecule has 5 heteroatoms. The monoisotopic (exact) mass is 266 g/mol. The standard InChI is InChI=1S/C12H14N2OS2/c1-16-6-9-13-11(15)10-7-4-2-3-5-8(7)17-12(10)14-9/h2-6H2,1H3,(H,13,14,15). The van der Waals surface area contributed by atoms with Gasteiger partial charge in [-0.3, -0.25) is 4.79 Å². The molecule has 0 aliphatic heterocycles. The highest BCUT2D eigenvalue weighted by molar-refractivity contribution is 7.97. The van der Waals surface area contributed by atoms with E-state index in [1.807, 2.05) is 6.26 Å². The van der Waals surface area contributed by atoms with Crippen molar-refractivity contribution in [3.63, 3.8) is 0 Å². The van der Waals surface area contributed by atoms with Gasteiger partial charge >= 0.3 is 0 Å². The lowest BCUT2D eigenvalue weighted by atomic mass is 9.97. The second kappa shape index (κ2) is 4.46. The van der Waals surface area contributed by atoms with Gasteiger partial charge in [0.2, 0.25) is 0 Å². The average Bonchev–Trinajstić information content (AvgIpc) is 2.67. The lowest BCUT2D eigenvalue weighted by Gasteiger charge is -2.09. The first-order valence-electron chi connectivity index (χ1n) is 5.82. The highest BCUT2D eigenvalue weighted by Gasteiger charge is 2.19. The average molecular weight is 266 g/mol. The first kappa shape index (κ1) is 11.3. The molecule has 0 bridgehead atoms. The molecule has 2 aromatic heterocycles. The van der Waals surface area contributed by atoms with Crippen molar-refractivity contribution in [2.75, 3.05) is 6.26 Å². The Labute approximate surface area is 108 Å². The first-order chi connectivity index (χ1) is 8.29. The third-order valence-corrected chi connectivity index (χ3v) is 4.90. The van der Waals surface area contributed by atoms with E-state index in [1.165, 1.54) is 23.3 Å². The molecule has 1 aliphatic carbocycles. The van der Waals surface area contributed by atoms with Gasteiger partial charge in [0.05, 0.1) is 11.1 Å². The minimum atomic E-state index is 0.0541. The molecular weight excluding hydrogens is 252 g/mol. The van der Waals surface area contributed by atoms with E-state index in [2.05, 4.69) is 9.97 Å². The van der Waals surface area contributed by atoms with Crippen molar-refractivity contribution in [2.24, 2.45) is 0 Å². The maximum atomic E-state index is 12.1. The van der Waals surface area contributed by atoms with Crippen molar-refractivity contribution in [1.82, 2.24) is 9.97 Å². The summed E-state index contributed by atoms with van der Waals surface area (Å²) in [5.41, 5.74) is 1.32. The van der Waals surface area contributed by atoms with Crippen LogP contribution in [-0.2, 0) is 18.6 Å². The van der Waals surface area contributed by atoms with Crippen molar-refractivity contribution < 1.29 is 0 Å². The van der Waals surface area contributed by atoms with Crippen LogP contribution in [0, 0.1) is 0 Å². The second-order valence-corrected chi connectivity index (χ2v) is 6.29. The number of hydrogen-bond donors (Lipinski definition) is 1. The molecule has 3 rings (SSSR count). The van der Waals surface area contributed by atoms with Crippen LogP contribution in [0.1, 0.15) is 29.1 Å². The minimum absolute atomic E-state index is 0.0541. The van der Waals surface area contributed by atoms with E-state index >= 15 is 0 Å². The van der Waals surface area contributed by atoms with Gasteiger partial charge in [-0.1, -0.05) is 0 Å². The second-order valence-electron chi connectivity index (χ2n) is 4.34. The van der Waals surface area contributed by atoms with E-state index in [9.17, 15) is 4.79 Å². The van der Waals surface area contributed by atoms with Crippen LogP contribution in [0.25, 0.3) is 10.2 Å². The summed E-state index contributed by atoms with van der Waals surface area (Å²) >= 11 is 3.39. The zero-order valence-corrected chi connectivity index (χ0v) is 11.3. The maximum Gasteiger partial charge on any atom is 0.259 e. The van der Waals surface area contributed by atoms with Crippen LogP contribution >= 0.6 is 23.1 Å². The number of H-pyrrole nitrogens is 1. The molecule has 1 N–H and O–H groups in total. The number of rotatable bonds is 2. The highest BCUT2D eigenvalue weighted by atomic mass is 32.2. The smallest absolute Gasteiger partial charge is 0.259 e. The predicted molar refractivity (Wildman–Crippen MR) is 74.1 cm³/mol. The summed E-state index contributed by atoms with van der Waals surface area (Å²) in [4.78, 5) is 21.9. The lowest BCUT2D eigenvalue weighted by molar-refractivity contribution is 0.700. The largest absolute Gasteiger partial charge is 0.309 e. The molecule has 90 valence electrons. The van der Waals surface area contributed by atoms with Gasteiger partial charge in [0, 0.05) is 4.88 Å². The minimum Gasteiger partial charge on any atom is -0.309 e. The Bertz CT molecular complexity index is 615. The van der Waals surface area contributed by atoms with E-state index in [1.54, 1.807) is 23.1 Å². The fraction of sp³-hybridized carbons (Fsp3) is 0.500. The number of aromatic amines is 1. The summed E-state index contributed by atoms with van der Waals surface area (Å²) in [7, 11) is 0. The molecule has 0 atom stereocenters. The molecule has 0 amide bonds. The quantitative estimate of drug-likeness (QED) is 0.909. The molecule has 2 heterocycles. The van der Waals surface area contributed by atoms with E-state index in [4.69, 9.17) is 0 Å². The summed E-state index contributed by atoms with van der Waals surface area (Å²) < 4.78 is 0. The molecule has 0 aromatic carbocycles. The van der Waals surface area contributed by atoms with Gasteiger partial charge in [-0.05, 0) is 37.5 Å². The molecule has 0 saturated heterocycles. The molecule has 1 aliphatic rings. The molecule has 0 spiro atoms. The lowest BCUT2D eigenvalue weighted by Crippen LogP contribution is -2.12. The van der Waals surface area contributed by atoms with E-state index in [0.29, 0.717) is 0 Å². The van der Waals surface area contributed by atoms with Gasteiger partial charge in [-0.15, -0.1) is 11.3 Å². The summed E-state index contributed by atoms with van der Waals surface area (Å²) in [5, 5.41) is 0.856. The van der Waals surface area contributed by atoms with Crippen LogP contribution in [0.4, 0.5) is 0 Å². The summed E-state index contributed by atoms with van der Waals surface area (Å²) in [6, 6.07) is 0. The SMILES string of the molecule is CSCc1nc2sc3c(c2c(=O)[nH]1)CCCC3. The highest BCUT2D eigenvalue weighted by Crippen LogP contribution is 2.33. The van der Waals surface area contributed by atoms with Gasteiger partial charge in [0.25, 0.3) is 5.56 Å². The van der Waals surface area contributed by atoms with E-state index in [-0.39, 0.29) is 5.56 Å². The van der Waals surface area contributed by atoms with Gasteiger partial charge in [0.15, 0.2) is 0 Å². The van der Waals surface area contributed by atoms with Crippen molar-refractivity contribution in [2.45, 2.75) is 31.4 Å². The predicted octanol–water partition coefficient (Wildman–Crippen LogP) is 2.73. The van der Waals surface area contributed by atoms with Gasteiger partial charge in [-0.2, -0.15) is 11.8 Å². The molecule has 0 saturated carbocycles. The number of hydrogen-bond acceptors (Lipinski definition) is 4. The van der Waals surface area contributed by atoms with Crippen LogP contribution in [0.3, 0.4) is 0 Å². The first-order valence-corrected chi connectivity index (χ1v) is 8.03. The topological polar surface area (TPSA) is 45.8 Å². The zero-order chi connectivity index (χ0) is 11.8. The van der Waals surface area contributed by atoms with Crippen molar-refractivity contribution in [3.05, 3.63) is 26.6 Å². The number of fused-ring (bicyclic) bond motifs is 3. The van der Waals surface area contributed by atoms with Crippen LogP contribution in [0.15, 0.2) is 4.79 Å². The third kappa shape index (κ3) is 1.91. The number of thiophene rings is 1. The van der Waals surface area contributed by atoms with Crippen LogP contribution < -0.4 is 5.56 Å². The fourth-order valence-electron chi connectivity index (χ4n) is 2.41. The third-order valence-electron chi connectivity index (χ3n) is 3.16.